The van der Waals surface area contributed by atoms with Crippen LogP contribution in [0.15, 0.2) is 48.5 Å². The molecule has 1 aliphatic heterocycles. The Bertz CT molecular complexity index is 1260. The molecule has 1 amide bonds. The summed E-state index contributed by atoms with van der Waals surface area (Å²) >= 11 is 0. The van der Waals surface area contributed by atoms with Gasteiger partial charge in [-0.25, -0.2) is 8.42 Å². The van der Waals surface area contributed by atoms with Crippen molar-refractivity contribution in [1.29, 1.82) is 0 Å². The standard InChI is InChI=1S/C25H29N3O4S/c1-17-4-7-20(14-18(17)2)24-15-23(27-28(24)21-11-13-33(30,31)16-21)25(29)26-12-10-19-5-8-22(32-3)9-6-19/h4-9,14-15,21H,10-13,16H2,1-3H3,(H,26,29)/t21-/m0/s1. The van der Waals surface area contributed by atoms with Gasteiger partial charge in [0, 0.05) is 12.1 Å². The first kappa shape index (κ1) is 23.0. The highest BCUT2D eigenvalue weighted by Gasteiger charge is 2.32. The van der Waals surface area contributed by atoms with Gasteiger partial charge in [-0.05, 0) is 67.6 Å². The second kappa shape index (κ2) is 9.39. The summed E-state index contributed by atoms with van der Waals surface area (Å²) in [5.74, 6) is 0.715. The lowest BCUT2D eigenvalue weighted by molar-refractivity contribution is 0.0948. The van der Waals surface area contributed by atoms with Gasteiger partial charge in [-0.15, -0.1) is 0 Å². The van der Waals surface area contributed by atoms with Crippen LogP contribution in [0, 0.1) is 13.8 Å². The number of aromatic nitrogens is 2. The molecule has 4 rings (SSSR count). The predicted octanol–water partition coefficient (Wildman–Crippen LogP) is 3.51. The van der Waals surface area contributed by atoms with Crippen LogP contribution in [0.1, 0.15) is 39.6 Å². The van der Waals surface area contributed by atoms with Crippen LogP contribution in [0.5, 0.6) is 5.75 Å². The van der Waals surface area contributed by atoms with Crippen LogP contribution in [-0.4, -0.2) is 49.3 Å². The first-order valence-electron chi connectivity index (χ1n) is 11.0. The van der Waals surface area contributed by atoms with Crippen molar-refractivity contribution in [2.45, 2.75) is 32.7 Å². The van der Waals surface area contributed by atoms with E-state index in [1.54, 1.807) is 17.9 Å². The normalized spacial score (nSPS) is 17.1. The van der Waals surface area contributed by atoms with E-state index in [0.29, 0.717) is 25.1 Å². The second-order valence-corrected chi connectivity index (χ2v) is 10.8. The van der Waals surface area contributed by atoms with Crippen LogP contribution < -0.4 is 10.1 Å². The highest BCUT2D eigenvalue weighted by molar-refractivity contribution is 7.91. The molecule has 33 heavy (non-hydrogen) atoms. The summed E-state index contributed by atoms with van der Waals surface area (Å²) in [6, 6.07) is 15.3. The molecule has 2 aromatic carbocycles. The lowest BCUT2D eigenvalue weighted by atomic mass is 10.0. The Kier molecular flexibility index (Phi) is 6.56. The number of ether oxygens (including phenoxy) is 1. The molecule has 1 atom stereocenters. The van der Waals surface area contributed by atoms with E-state index >= 15 is 0 Å². The van der Waals surface area contributed by atoms with Crippen LogP contribution >= 0.6 is 0 Å². The van der Waals surface area contributed by atoms with Crippen LogP contribution in [0.25, 0.3) is 11.3 Å². The lowest BCUT2D eigenvalue weighted by Crippen LogP contribution is -2.26. The molecule has 2 heterocycles. The number of rotatable bonds is 7. The highest BCUT2D eigenvalue weighted by Crippen LogP contribution is 2.31. The highest BCUT2D eigenvalue weighted by atomic mass is 32.2. The number of benzene rings is 2. The molecule has 1 saturated heterocycles. The Labute approximate surface area is 194 Å². The summed E-state index contributed by atoms with van der Waals surface area (Å²) in [4.78, 5) is 12.9. The summed E-state index contributed by atoms with van der Waals surface area (Å²) in [6.07, 6.45) is 1.18. The van der Waals surface area contributed by atoms with E-state index in [-0.39, 0.29) is 23.5 Å². The Balaban J connectivity index is 1.54. The first-order chi connectivity index (χ1) is 15.8. The average Bonchev–Trinajstić information content (AvgIpc) is 3.39. The van der Waals surface area contributed by atoms with Crippen LogP contribution in [0.3, 0.4) is 0 Å². The molecule has 0 radical (unpaired) electrons. The fraction of sp³-hybridized carbons (Fsp3) is 0.360. The van der Waals surface area contributed by atoms with E-state index in [1.165, 1.54) is 5.56 Å². The second-order valence-electron chi connectivity index (χ2n) is 8.57. The number of amides is 1. The van der Waals surface area contributed by atoms with Crippen molar-refractivity contribution < 1.29 is 17.9 Å². The van der Waals surface area contributed by atoms with Gasteiger partial charge in [0.2, 0.25) is 0 Å². The molecule has 1 aromatic heterocycles. The summed E-state index contributed by atoms with van der Waals surface area (Å²) < 4.78 is 31.1. The first-order valence-corrected chi connectivity index (χ1v) is 12.9. The monoisotopic (exact) mass is 467 g/mol. The molecular formula is C25H29N3O4S. The zero-order chi connectivity index (χ0) is 23.6. The number of hydrogen-bond acceptors (Lipinski definition) is 5. The quantitative estimate of drug-likeness (QED) is 0.574. The van der Waals surface area contributed by atoms with Gasteiger partial charge in [-0.1, -0.05) is 24.3 Å². The zero-order valence-corrected chi connectivity index (χ0v) is 20.0. The van der Waals surface area contributed by atoms with Crippen molar-refractivity contribution in [2.24, 2.45) is 0 Å². The fourth-order valence-corrected chi connectivity index (χ4v) is 5.76. The van der Waals surface area contributed by atoms with Crippen molar-refractivity contribution in [2.75, 3.05) is 25.2 Å². The lowest BCUT2D eigenvalue weighted by Gasteiger charge is -2.14. The van der Waals surface area contributed by atoms with E-state index < -0.39 is 9.84 Å². The summed E-state index contributed by atoms with van der Waals surface area (Å²) in [5.41, 5.74) is 5.37. The molecular weight excluding hydrogens is 438 g/mol. The predicted molar refractivity (Wildman–Crippen MR) is 128 cm³/mol. The van der Waals surface area contributed by atoms with Gasteiger partial charge in [-0.3, -0.25) is 9.48 Å². The van der Waals surface area contributed by atoms with Gasteiger partial charge in [0.25, 0.3) is 5.91 Å². The Morgan fingerprint density at radius 2 is 1.88 bits per heavy atom. The van der Waals surface area contributed by atoms with Gasteiger partial charge in [-0.2, -0.15) is 5.10 Å². The molecule has 0 bridgehead atoms. The van der Waals surface area contributed by atoms with Gasteiger partial charge in [0.15, 0.2) is 15.5 Å². The van der Waals surface area contributed by atoms with E-state index in [0.717, 1.165) is 28.1 Å². The van der Waals surface area contributed by atoms with Crippen molar-refractivity contribution in [3.8, 4) is 17.0 Å². The van der Waals surface area contributed by atoms with Crippen molar-refractivity contribution in [3.05, 3.63) is 70.9 Å². The smallest absolute Gasteiger partial charge is 0.271 e. The summed E-state index contributed by atoms with van der Waals surface area (Å²) in [6.45, 7) is 4.54. The number of sulfone groups is 1. The largest absolute Gasteiger partial charge is 0.497 e. The number of nitrogens with one attached hydrogen (secondary N) is 1. The number of carbonyl (C=O) groups is 1. The Morgan fingerprint density at radius 1 is 1.12 bits per heavy atom. The molecule has 1 N–H and O–H groups in total. The minimum atomic E-state index is -3.09. The summed E-state index contributed by atoms with van der Waals surface area (Å²) in [7, 11) is -1.46. The zero-order valence-electron chi connectivity index (χ0n) is 19.2. The molecule has 3 aromatic rings. The molecule has 174 valence electrons. The van der Waals surface area contributed by atoms with Crippen molar-refractivity contribution >= 4 is 15.7 Å². The minimum absolute atomic E-state index is 0.0467. The minimum Gasteiger partial charge on any atom is -0.497 e. The molecule has 0 unspecified atom stereocenters. The molecule has 7 nitrogen and oxygen atoms in total. The molecule has 1 fully saturated rings. The third-order valence-corrected chi connectivity index (χ3v) is 7.93. The molecule has 1 aliphatic rings. The number of aryl methyl sites for hydroxylation is 2. The molecule has 0 saturated carbocycles. The van der Waals surface area contributed by atoms with Gasteiger partial charge in [0.05, 0.1) is 30.4 Å². The van der Waals surface area contributed by atoms with E-state index in [2.05, 4.69) is 16.5 Å². The van der Waals surface area contributed by atoms with Gasteiger partial charge >= 0.3 is 0 Å². The average molecular weight is 468 g/mol. The van der Waals surface area contributed by atoms with E-state index in [9.17, 15) is 13.2 Å². The van der Waals surface area contributed by atoms with Gasteiger partial charge < -0.3 is 10.1 Å². The SMILES string of the molecule is COc1ccc(CCNC(=O)c2cc(-c3ccc(C)c(C)c3)n([C@H]3CCS(=O)(=O)C3)n2)cc1. The maximum absolute atomic E-state index is 12.9. The van der Waals surface area contributed by atoms with Crippen LogP contribution in [0.4, 0.5) is 0 Å². The van der Waals surface area contributed by atoms with Crippen molar-refractivity contribution in [3.63, 3.8) is 0 Å². The van der Waals surface area contributed by atoms with Gasteiger partial charge in [0.1, 0.15) is 5.75 Å². The van der Waals surface area contributed by atoms with Crippen LogP contribution in [-0.2, 0) is 16.3 Å². The maximum atomic E-state index is 12.9. The topological polar surface area (TPSA) is 90.3 Å². The van der Waals surface area contributed by atoms with E-state index in [4.69, 9.17) is 4.74 Å². The Hall–Kier alpha value is -3.13. The fourth-order valence-electron chi connectivity index (χ4n) is 4.07. The molecule has 8 heteroatoms. The Morgan fingerprint density at radius 3 is 2.52 bits per heavy atom. The maximum Gasteiger partial charge on any atom is 0.271 e. The number of carbonyl (C=O) groups excluding carboxylic acids is 1. The summed E-state index contributed by atoms with van der Waals surface area (Å²) in [5, 5.41) is 7.49. The van der Waals surface area contributed by atoms with Crippen molar-refractivity contribution in [1.82, 2.24) is 15.1 Å². The number of methoxy groups -OCH3 is 1. The number of nitrogens with zero attached hydrogens (tertiary/aromatic N) is 2. The van der Waals surface area contributed by atoms with E-state index in [1.807, 2.05) is 50.2 Å². The third-order valence-electron chi connectivity index (χ3n) is 6.18. The third kappa shape index (κ3) is 5.27. The number of hydrogen-bond donors (Lipinski definition) is 1. The van der Waals surface area contributed by atoms with Crippen LogP contribution in [0.2, 0.25) is 0 Å². The molecule has 0 spiro atoms. The molecule has 0 aliphatic carbocycles.